The largest absolute Gasteiger partial charge is 0.364 e. The van der Waals surface area contributed by atoms with Gasteiger partial charge < -0.3 is 14.8 Å². The summed E-state index contributed by atoms with van der Waals surface area (Å²) in [4.78, 5) is 19.3. The normalized spacial score (nSPS) is 24.4. The van der Waals surface area contributed by atoms with Crippen LogP contribution in [0.4, 0.5) is 0 Å². The number of fused-ring (bicyclic) bond motifs is 1. The molecule has 0 unspecified atom stereocenters. The van der Waals surface area contributed by atoms with E-state index >= 15 is 0 Å². The minimum absolute atomic E-state index is 0.131. The second-order valence-electron chi connectivity index (χ2n) is 8.40. The summed E-state index contributed by atoms with van der Waals surface area (Å²) in [5, 5.41) is 0. The summed E-state index contributed by atoms with van der Waals surface area (Å²) in [6.07, 6.45) is 3.87. The average Bonchev–Trinajstić information content (AvgIpc) is 3.26. The van der Waals surface area contributed by atoms with Crippen molar-refractivity contribution < 1.29 is 14.6 Å². The summed E-state index contributed by atoms with van der Waals surface area (Å²) in [5.41, 5.74) is 4.81. The Kier molecular flexibility index (Phi) is 5.04. The summed E-state index contributed by atoms with van der Waals surface area (Å²) in [6, 6.07) is 24.2. The number of aromatic amines is 1. The number of hydrogen-bond acceptors (Lipinski definition) is 1. The van der Waals surface area contributed by atoms with Crippen molar-refractivity contribution in [1.29, 1.82) is 0 Å². The van der Waals surface area contributed by atoms with E-state index in [0.717, 1.165) is 50.3 Å². The molecule has 3 N–H and O–H groups in total. The molecule has 1 aliphatic carbocycles. The van der Waals surface area contributed by atoms with Gasteiger partial charge in [0.15, 0.2) is 6.04 Å². The Balaban J connectivity index is 1.33. The van der Waals surface area contributed by atoms with Crippen LogP contribution in [0.1, 0.15) is 39.6 Å². The maximum absolute atomic E-state index is 13.0. The fraction of sp³-hybridized carbons (Fsp3) is 0.320. The Morgan fingerprint density at radius 1 is 0.828 bits per heavy atom. The molecule has 2 aliphatic rings. The van der Waals surface area contributed by atoms with Crippen LogP contribution in [-0.4, -0.2) is 43.0 Å². The lowest BCUT2D eigenvalue weighted by Crippen LogP contribution is -3.30. The van der Waals surface area contributed by atoms with Gasteiger partial charge in [0.05, 0.1) is 0 Å². The van der Waals surface area contributed by atoms with E-state index in [-0.39, 0.29) is 6.04 Å². The summed E-state index contributed by atoms with van der Waals surface area (Å²) in [7, 11) is 0. The number of nitrogens with one attached hydrogen (secondary N) is 3. The molecule has 3 aromatic rings. The maximum atomic E-state index is 13.0. The monoisotopic (exact) mass is 387 g/mol. The molecule has 148 valence electrons. The molecule has 0 radical (unpaired) electrons. The highest BCUT2D eigenvalue weighted by molar-refractivity contribution is 6.01. The zero-order valence-corrected chi connectivity index (χ0v) is 16.7. The Hall–Kier alpha value is -2.69. The highest BCUT2D eigenvalue weighted by atomic mass is 16.1. The lowest BCUT2D eigenvalue weighted by atomic mass is 9.90. The van der Waals surface area contributed by atoms with E-state index in [0.29, 0.717) is 11.8 Å². The summed E-state index contributed by atoms with van der Waals surface area (Å²) < 4.78 is 0. The highest BCUT2D eigenvalue weighted by Gasteiger charge is 2.40. The third-order valence-electron chi connectivity index (χ3n) is 6.80. The first-order valence-electron chi connectivity index (χ1n) is 10.8. The predicted molar refractivity (Wildman–Crippen MR) is 113 cm³/mol. The lowest BCUT2D eigenvalue weighted by Gasteiger charge is -2.38. The number of piperazine rings is 1. The number of quaternary nitrogens is 2. The molecular weight excluding hydrogens is 358 g/mol. The van der Waals surface area contributed by atoms with E-state index in [2.05, 4.69) is 65.6 Å². The fourth-order valence-electron chi connectivity index (χ4n) is 5.32. The summed E-state index contributed by atoms with van der Waals surface area (Å²) in [6.45, 7) is 4.30. The number of ketones is 1. The zero-order valence-electron chi connectivity index (χ0n) is 16.7. The van der Waals surface area contributed by atoms with Crippen molar-refractivity contribution in [3.63, 3.8) is 0 Å². The SMILES string of the molecule is O=C1c2cc[nH]c2CC[C@@H]1[NH+]1CC[NH+](C(c2ccccc2)c2ccccc2)CC1. The van der Waals surface area contributed by atoms with E-state index < -0.39 is 0 Å². The second-order valence-corrected chi connectivity index (χ2v) is 8.40. The third-order valence-corrected chi connectivity index (χ3v) is 6.80. The van der Waals surface area contributed by atoms with Gasteiger partial charge in [0.1, 0.15) is 32.2 Å². The molecule has 29 heavy (non-hydrogen) atoms. The van der Waals surface area contributed by atoms with Crippen molar-refractivity contribution in [3.8, 4) is 0 Å². The van der Waals surface area contributed by atoms with E-state index in [1.807, 2.05) is 12.3 Å². The van der Waals surface area contributed by atoms with E-state index in [9.17, 15) is 4.79 Å². The minimum Gasteiger partial charge on any atom is -0.364 e. The summed E-state index contributed by atoms with van der Waals surface area (Å²) in [5.74, 6) is 0.341. The molecule has 1 aromatic heterocycles. The van der Waals surface area contributed by atoms with Gasteiger partial charge in [-0.05, 0) is 12.5 Å². The summed E-state index contributed by atoms with van der Waals surface area (Å²) >= 11 is 0. The average molecular weight is 388 g/mol. The first-order chi connectivity index (χ1) is 14.3. The van der Waals surface area contributed by atoms with Gasteiger partial charge >= 0.3 is 0 Å². The molecule has 1 fully saturated rings. The third kappa shape index (κ3) is 3.54. The molecular formula is C25H29N3O+2. The van der Waals surface area contributed by atoms with Gasteiger partial charge in [-0.1, -0.05) is 60.7 Å². The molecule has 0 amide bonds. The van der Waals surface area contributed by atoms with Crippen LogP contribution < -0.4 is 9.80 Å². The van der Waals surface area contributed by atoms with E-state index in [4.69, 9.17) is 0 Å². The van der Waals surface area contributed by atoms with Crippen LogP contribution in [0.25, 0.3) is 0 Å². The Morgan fingerprint density at radius 2 is 1.45 bits per heavy atom. The van der Waals surface area contributed by atoms with E-state index in [1.54, 1.807) is 4.90 Å². The molecule has 2 aromatic carbocycles. The minimum atomic E-state index is 0.131. The molecule has 2 heterocycles. The first kappa shape index (κ1) is 18.3. The highest BCUT2D eigenvalue weighted by Crippen LogP contribution is 2.20. The number of aromatic nitrogens is 1. The maximum Gasteiger partial charge on any atom is 0.221 e. The van der Waals surface area contributed by atoms with Crippen molar-refractivity contribution in [2.24, 2.45) is 0 Å². The zero-order chi connectivity index (χ0) is 19.6. The number of benzene rings is 2. The molecule has 0 saturated carbocycles. The van der Waals surface area contributed by atoms with Gasteiger partial charge in [-0.3, -0.25) is 4.79 Å². The first-order valence-corrected chi connectivity index (χ1v) is 10.8. The van der Waals surface area contributed by atoms with Crippen molar-refractivity contribution in [2.75, 3.05) is 26.2 Å². The van der Waals surface area contributed by atoms with Crippen molar-refractivity contribution in [3.05, 3.63) is 95.3 Å². The molecule has 1 aliphatic heterocycles. The van der Waals surface area contributed by atoms with Crippen LogP contribution in [0.3, 0.4) is 0 Å². The number of carbonyl (C=O) groups excluding carboxylic acids is 1. The van der Waals surface area contributed by atoms with Gasteiger partial charge in [-0.2, -0.15) is 0 Å². The molecule has 1 saturated heterocycles. The van der Waals surface area contributed by atoms with Gasteiger partial charge in [0.2, 0.25) is 5.78 Å². The Labute approximate surface area is 172 Å². The van der Waals surface area contributed by atoms with Gasteiger partial charge in [0.25, 0.3) is 0 Å². The van der Waals surface area contributed by atoms with Crippen LogP contribution in [0.2, 0.25) is 0 Å². The van der Waals surface area contributed by atoms with Crippen molar-refractivity contribution in [2.45, 2.75) is 24.9 Å². The van der Waals surface area contributed by atoms with Gasteiger partial charge in [0, 0.05) is 35.0 Å². The van der Waals surface area contributed by atoms with Crippen LogP contribution in [0.5, 0.6) is 0 Å². The van der Waals surface area contributed by atoms with Crippen LogP contribution in [-0.2, 0) is 6.42 Å². The Bertz CT molecular complexity index is 919. The quantitative estimate of drug-likeness (QED) is 0.616. The molecule has 4 heteroatoms. The Morgan fingerprint density at radius 3 is 2.07 bits per heavy atom. The van der Waals surface area contributed by atoms with Crippen LogP contribution >= 0.6 is 0 Å². The second kappa shape index (κ2) is 7.97. The van der Waals surface area contributed by atoms with Crippen LogP contribution in [0.15, 0.2) is 72.9 Å². The fourth-order valence-corrected chi connectivity index (χ4v) is 5.32. The number of Topliss-reactive ketones (excluding diaryl/α,β-unsaturated/α-hetero) is 1. The standard InChI is InChI=1S/C25H27N3O/c29-25-21-13-14-26-22(21)11-12-23(25)27-15-17-28(18-16-27)24(19-7-3-1-4-8-19)20-9-5-2-6-10-20/h1-10,13-14,23-24,26H,11-12,15-18H2/p+2/t23-/m0/s1. The molecule has 0 bridgehead atoms. The number of H-pyrrole nitrogens is 1. The van der Waals surface area contributed by atoms with E-state index in [1.165, 1.54) is 16.0 Å². The number of carbonyl (C=O) groups is 1. The van der Waals surface area contributed by atoms with Gasteiger partial charge in [-0.15, -0.1) is 0 Å². The smallest absolute Gasteiger partial charge is 0.221 e. The molecule has 0 spiro atoms. The number of hydrogen-bond donors (Lipinski definition) is 3. The number of aryl methyl sites for hydroxylation is 1. The molecule has 4 nitrogen and oxygen atoms in total. The van der Waals surface area contributed by atoms with Crippen molar-refractivity contribution in [1.82, 2.24) is 4.98 Å². The van der Waals surface area contributed by atoms with Crippen molar-refractivity contribution >= 4 is 5.78 Å². The van der Waals surface area contributed by atoms with Crippen LogP contribution in [0, 0.1) is 0 Å². The molecule has 1 atom stereocenters. The van der Waals surface area contributed by atoms with Gasteiger partial charge in [-0.25, -0.2) is 0 Å². The lowest BCUT2D eigenvalue weighted by molar-refractivity contribution is -1.03. The topological polar surface area (TPSA) is 41.7 Å². The number of rotatable bonds is 4. The predicted octanol–water partition coefficient (Wildman–Crippen LogP) is 1.09. The molecule has 5 rings (SSSR count).